The van der Waals surface area contributed by atoms with E-state index < -0.39 is 10.0 Å². The number of urea groups is 1. The second kappa shape index (κ2) is 9.00. The van der Waals surface area contributed by atoms with Crippen LogP contribution in [0.1, 0.15) is 31.2 Å². The van der Waals surface area contributed by atoms with Crippen LogP contribution in [-0.2, 0) is 21.2 Å². The van der Waals surface area contributed by atoms with E-state index in [-0.39, 0.29) is 28.8 Å². The van der Waals surface area contributed by atoms with E-state index >= 15 is 0 Å². The lowest BCUT2D eigenvalue weighted by Crippen LogP contribution is -2.45. The second-order valence-electron chi connectivity index (χ2n) is 6.50. The van der Waals surface area contributed by atoms with Crippen LogP contribution in [0.15, 0.2) is 29.2 Å². The van der Waals surface area contributed by atoms with E-state index in [1.54, 1.807) is 19.2 Å². The minimum Gasteiger partial charge on any atom is -0.359 e. The van der Waals surface area contributed by atoms with Crippen LogP contribution in [-0.4, -0.2) is 40.0 Å². The van der Waals surface area contributed by atoms with Gasteiger partial charge in [0.1, 0.15) is 0 Å². The number of carbonyl (C=O) groups is 2. The van der Waals surface area contributed by atoms with E-state index in [1.165, 1.54) is 12.1 Å². The SMILES string of the molecule is CNC(=O)C1CCC(NC(=O)NCCc2ccc(S(N)(=O)=O)cc2)CC1. The zero-order valence-electron chi connectivity index (χ0n) is 14.8. The molecule has 9 heteroatoms. The molecule has 0 heterocycles. The number of primary sulfonamides is 1. The molecule has 2 rings (SSSR count). The predicted octanol–water partition coefficient (Wildman–Crippen LogP) is 0.481. The molecule has 0 bridgehead atoms. The van der Waals surface area contributed by atoms with E-state index in [0.717, 1.165) is 31.2 Å². The van der Waals surface area contributed by atoms with Crippen molar-refractivity contribution in [2.24, 2.45) is 11.1 Å². The van der Waals surface area contributed by atoms with E-state index in [1.807, 2.05) is 0 Å². The molecule has 0 aromatic heterocycles. The summed E-state index contributed by atoms with van der Waals surface area (Å²) >= 11 is 0. The highest BCUT2D eigenvalue weighted by atomic mass is 32.2. The Balaban J connectivity index is 1.69. The van der Waals surface area contributed by atoms with E-state index in [4.69, 9.17) is 5.14 Å². The Kier molecular flexibility index (Phi) is 6.98. The van der Waals surface area contributed by atoms with Crippen molar-refractivity contribution < 1.29 is 18.0 Å². The number of benzene rings is 1. The number of hydrogen-bond acceptors (Lipinski definition) is 4. The summed E-state index contributed by atoms with van der Waals surface area (Å²) in [5, 5.41) is 13.5. The van der Waals surface area contributed by atoms with Crippen LogP contribution >= 0.6 is 0 Å². The molecule has 1 aromatic carbocycles. The van der Waals surface area contributed by atoms with Crippen molar-refractivity contribution in [1.82, 2.24) is 16.0 Å². The first-order valence-corrected chi connectivity index (χ1v) is 10.2. The average Bonchev–Trinajstić information content (AvgIpc) is 2.61. The minimum atomic E-state index is -3.69. The van der Waals surface area contributed by atoms with Gasteiger partial charge in [0.25, 0.3) is 0 Å². The van der Waals surface area contributed by atoms with Crippen LogP contribution in [0.2, 0.25) is 0 Å². The monoisotopic (exact) mass is 382 g/mol. The summed E-state index contributed by atoms with van der Waals surface area (Å²) < 4.78 is 22.4. The van der Waals surface area contributed by atoms with Crippen molar-refractivity contribution in [1.29, 1.82) is 0 Å². The number of nitrogens with one attached hydrogen (secondary N) is 3. The molecule has 8 nitrogen and oxygen atoms in total. The zero-order chi connectivity index (χ0) is 19.2. The number of amides is 3. The molecule has 1 aliphatic rings. The largest absolute Gasteiger partial charge is 0.359 e. The third kappa shape index (κ3) is 5.99. The number of sulfonamides is 1. The fourth-order valence-electron chi connectivity index (χ4n) is 3.11. The van der Waals surface area contributed by atoms with Crippen LogP contribution in [0.5, 0.6) is 0 Å². The molecule has 0 saturated heterocycles. The highest BCUT2D eigenvalue weighted by Gasteiger charge is 2.26. The molecule has 3 amide bonds. The molecule has 0 unspecified atom stereocenters. The first-order valence-electron chi connectivity index (χ1n) is 8.67. The van der Waals surface area contributed by atoms with Gasteiger partial charge in [0.15, 0.2) is 0 Å². The van der Waals surface area contributed by atoms with Crippen LogP contribution in [0.3, 0.4) is 0 Å². The molecule has 0 spiro atoms. The summed E-state index contributed by atoms with van der Waals surface area (Å²) in [5.41, 5.74) is 0.906. The standard InChI is InChI=1S/C17H26N4O4S/c1-19-16(22)13-4-6-14(7-5-13)21-17(23)20-11-10-12-2-8-15(9-3-12)26(18,24)25/h2-3,8-9,13-14H,4-7,10-11H2,1H3,(H,19,22)(H2,18,24,25)(H2,20,21,23). The average molecular weight is 382 g/mol. The van der Waals surface area contributed by atoms with Gasteiger partial charge in [-0.3, -0.25) is 4.79 Å². The maximum absolute atomic E-state index is 12.0. The lowest BCUT2D eigenvalue weighted by atomic mass is 9.85. The predicted molar refractivity (Wildman–Crippen MR) is 97.9 cm³/mol. The van der Waals surface area contributed by atoms with Gasteiger partial charge in [-0.1, -0.05) is 12.1 Å². The number of hydrogen-bond donors (Lipinski definition) is 4. The van der Waals surface area contributed by atoms with E-state index in [0.29, 0.717) is 13.0 Å². The summed E-state index contributed by atoms with van der Waals surface area (Å²) in [7, 11) is -2.04. The summed E-state index contributed by atoms with van der Waals surface area (Å²) in [6.45, 7) is 0.439. The summed E-state index contributed by atoms with van der Waals surface area (Å²) in [6, 6.07) is 6.13. The molecular formula is C17H26N4O4S. The minimum absolute atomic E-state index is 0.0430. The van der Waals surface area contributed by atoms with Crippen LogP contribution in [0, 0.1) is 5.92 Å². The topological polar surface area (TPSA) is 130 Å². The Bertz CT molecular complexity index is 726. The molecule has 144 valence electrons. The van der Waals surface area contributed by atoms with Crippen molar-refractivity contribution in [3.63, 3.8) is 0 Å². The highest BCUT2D eigenvalue weighted by Crippen LogP contribution is 2.24. The van der Waals surface area contributed by atoms with Crippen molar-refractivity contribution in [3.8, 4) is 0 Å². The smallest absolute Gasteiger partial charge is 0.315 e. The van der Waals surface area contributed by atoms with Gasteiger partial charge in [0, 0.05) is 25.6 Å². The lowest BCUT2D eigenvalue weighted by Gasteiger charge is -2.28. The van der Waals surface area contributed by atoms with E-state index in [2.05, 4.69) is 16.0 Å². The summed E-state index contributed by atoms with van der Waals surface area (Å²) in [6.07, 6.45) is 3.73. The number of carbonyl (C=O) groups excluding carboxylic acids is 2. The molecule has 1 aromatic rings. The van der Waals surface area contributed by atoms with Crippen molar-refractivity contribution in [2.45, 2.75) is 43.0 Å². The molecule has 26 heavy (non-hydrogen) atoms. The quantitative estimate of drug-likeness (QED) is 0.570. The molecule has 5 N–H and O–H groups in total. The first-order chi connectivity index (χ1) is 12.3. The van der Waals surface area contributed by atoms with Gasteiger partial charge < -0.3 is 16.0 Å². The third-order valence-electron chi connectivity index (χ3n) is 4.63. The normalized spacial score (nSPS) is 20.2. The fraction of sp³-hybridized carbons (Fsp3) is 0.529. The van der Waals surface area contributed by atoms with Gasteiger partial charge in [-0.2, -0.15) is 0 Å². The van der Waals surface area contributed by atoms with Crippen LogP contribution < -0.4 is 21.1 Å². The van der Waals surface area contributed by atoms with Gasteiger partial charge in [0.2, 0.25) is 15.9 Å². The summed E-state index contributed by atoms with van der Waals surface area (Å²) in [5.74, 6) is 0.114. The van der Waals surface area contributed by atoms with Crippen LogP contribution in [0.4, 0.5) is 4.79 Å². The fourth-order valence-corrected chi connectivity index (χ4v) is 3.62. The zero-order valence-corrected chi connectivity index (χ0v) is 15.6. The lowest BCUT2D eigenvalue weighted by molar-refractivity contribution is -0.125. The Morgan fingerprint density at radius 2 is 1.73 bits per heavy atom. The van der Waals surface area contributed by atoms with Gasteiger partial charge in [-0.15, -0.1) is 0 Å². The molecule has 0 radical (unpaired) electrons. The maximum Gasteiger partial charge on any atom is 0.315 e. The van der Waals surface area contributed by atoms with Crippen molar-refractivity contribution >= 4 is 22.0 Å². The maximum atomic E-state index is 12.0. The molecule has 1 fully saturated rings. The Labute approximate surface area is 154 Å². The van der Waals surface area contributed by atoms with Gasteiger partial charge >= 0.3 is 6.03 Å². The van der Waals surface area contributed by atoms with Crippen molar-refractivity contribution in [3.05, 3.63) is 29.8 Å². The summed E-state index contributed by atoms with van der Waals surface area (Å²) in [4.78, 5) is 23.6. The first kappa shape index (κ1) is 20.2. The molecular weight excluding hydrogens is 356 g/mol. The van der Waals surface area contributed by atoms with E-state index in [9.17, 15) is 18.0 Å². The van der Waals surface area contributed by atoms with Crippen LogP contribution in [0.25, 0.3) is 0 Å². The second-order valence-corrected chi connectivity index (χ2v) is 8.06. The highest BCUT2D eigenvalue weighted by molar-refractivity contribution is 7.89. The molecule has 1 aliphatic carbocycles. The molecule has 0 atom stereocenters. The number of nitrogens with two attached hydrogens (primary N) is 1. The Hall–Kier alpha value is -2.13. The molecule has 0 aliphatic heterocycles. The van der Waals surface area contributed by atoms with Gasteiger partial charge in [-0.05, 0) is 49.8 Å². The molecule has 1 saturated carbocycles. The Morgan fingerprint density at radius 1 is 1.12 bits per heavy atom. The van der Waals surface area contributed by atoms with Gasteiger partial charge in [0.05, 0.1) is 4.90 Å². The number of rotatable bonds is 6. The van der Waals surface area contributed by atoms with Gasteiger partial charge in [-0.25, -0.2) is 18.4 Å². The third-order valence-corrected chi connectivity index (χ3v) is 5.56. The Morgan fingerprint density at radius 3 is 2.27 bits per heavy atom. The van der Waals surface area contributed by atoms with Crippen molar-refractivity contribution in [2.75, 3.05) is 13.6 Å².